The van der Waals surface area contributed by atoms with Gasteiger partial charge in [-0.25, -0.2) is 0 Å². The number of carbonyl (C=O) groups is 3. The van der Waals surface area contributed by atoms with E-state index in [2.05, 4.69) is 16.0 Å². The van der Waals surface area contributed by atoms with Crippen LogP contribution in [0.3, 0.4) is 0 Å². The Bertz CT molecular complexity index is 831. The summed E-state index contributed by atoms with van der Waals surface area (Å²) >= 11 is 1.42. The third-order valence-corrected chi connectivity index (χ3v) is 4.94. The zero-order valence-corrected chi connectivity index (χ0v) is 15.8. The molecule has 3 N–H and O–H groups in total. The molecule has 0 bridgehead atoms. The topological polar surface area (TPSA) is 87.3 Å². The monoisotopic (exact) mass is 383 g/mol. The highest BCUT2D eigenvalue weighted by molar-refractivity contribution is 8.00. The lowest BCUT2D eigenvalue weighted by Crippen LogP contribution is -2.14. The Morgan fingerprint density at radius 3 is 1.93 bits per heavy atom. The van der Waals surface area contributed by atoms with E-state index >= 15 is 0 Å². The number of nitrogens with one attached hydrogen (secondary N) is 3. The van der Waals surface area contributed by atoms with Crippen LogP contribution in [0.2, 0.25) is 0 Å². The van der Waals surface area contributed by atoms with E-state index in [0.717, 1.165) is 23.4 Å². The van der Waals surface area contributed by atoms with Crippen LogP contribution in [0, 0.1) is 5.92 Å². The molecule has 1 fully saturated rings. The number of thioether (sulfide) groups is 1. The largest absolute Gasteiger partial charge is 0.326 e. The van der Waals surface area contributed by atoms with Gasteiger partial charge in [0, 0.05) is 34.8 Å². The highest BCUT2D eigenvalue weighted by Crippen LogP contribution is 2.30. The minimum atomic E-state index is -0.138. The predicted octanol–water partition coefficient (Wildman–Crippen LogP) is 3.72. The molecule has 2 aromatic carbocycles. The lowest BCUT2D eigenvalue weighted by atomic mass is 10.3. The molecule has 0 aliphatic heterocycles. The van der Waals surface area contributed by atoms with Crippen molar-refractivity contribution in [2.75, 3.05) is 21.7 Å². The average Bonchev–Trinajstić information content (AvgIpc) is 3.48. The van der Waals surface area contributed by atoms with E-state index in [9.17, 15) is 14.4 Å². The fraction of sp³-hybridized carbons (Fsp3) is 0.250. The van der Waals surface area contributed by atoms with E-state index in [1.807, 2.05) is 24.3 Å². The number of amides is 3. The summed E-state index contributed by atoms with van der Waals surface area (Å²) in [6, 6.07) is 14.4. The van der Waals surface area contributed by atoms with Crippen molar-refractivity contribution in [3.8, 4) is 0 Å². The lowest BCUT2D eigenvalue weighted by Gasteiger charge is -2.08. The maximum absolute atomic E-state index is 12.1. The zero-order chi connectivity index (χ0) is 19.2. The molecule has 2 aromatic rings. The summed E-state index contributed by atoms with van der Waals surface area (Å²) in [6.07, 6.45) is 1.95. The average molecular weight is 383 g/mol. The highest BCUT2D eigenvalue weighted by atomic mass is 32.2. The summed E-state index contributed by atoms with van der Waals surface area (Å²) in [6.45, 7) is 1.44. The Kier molecular flexibility index (Phi) is 6.13. The van der Waals surface area contributed by atoms with E-state index in [1.54, 1.807) is 24.3 Å². The molecule has 0 saturated heterocycles. The van der Waals surface area contributed by atoms with Gasteiger partial charge >= 0.3 is 0 Å². The van der Waals surface area contributed by atoms with Gasteiger partial charge in [0.05, 0.1) is 5.75 Å². The quantitative estimate of drug-likeness (QED) is 0.636. The van der Waals surface area contributed by atoms with Crippen molar-refractivity contribution in [1.82, 2.24) is 0 Å². The molecule has 0 spiro atoms. The molecule has 1 aliphatic carbocycles. The first-order valence-electron chi connectivity index (χ1n) is 8.71. The highest BCUT2D eigenvalue weighted by Gasteiger charge is 2.29. The number of benzene rings is 2. The first-order chi connectivity index (χ1) is 13.0. The van der Waals surface area contributed by atoms with Crippen molar-refractivity contribution in [1.29, 1.82) is 0 Å². The fourth-order valence-corrected chi connectivity index (χ4v) is 3.11. The second-order valence-electron chi connectivity index (χ2n) is 6.38. The minimum Gasteiger partial charge on any atom is -0.326 e. The van der Waals surface area contributed by atoms with Crippen LogP contribution in [0.5, 0.6) is 0 Å². The molecule has 0 heterocycles. The van der Waals surface area contributed by atoms with Crippen LogP contribution in [0.1, 0.15) is 19.8 Å². The molecule has 0 atom stereocenters. The van der Waals surface area contributed by atoms with Gasteiger partial charge in [0.2, 0.25) is 17.7 Å². The summed E-state index contributed by atoms with van der Waals surface area (Å²) in [4.78, 5) is 35.8. The Morgan fingerprint density at radius 2 is 1.37 bits per heavy atom. The van der Waals surface area contributed by atoms with Crippen LogP contribution in [0.25, 0.3) is 0 Å². The number of carbonyl (C=O) groups excluding carboxylic acids is 3. The maximum Gasteiger partial charge on any atom is 0.234 e. The first-order valence-corrected chi connectivity index (χ1v) is 9.69. The molecular weight excluding hydrogens is 362 g/mol. The van der Waals surface area contributed by atoms with Crippen molar-refractivity contribution in [3.05, 3.63) is 48.5 Å². The van der Waals surface area contributed by atoms with Crippen LogP contribution < -0.4 is 16.0 Å². The van der Waals surface area contributed by atoms with Gasteiger partial charge in [-0.15, -0.1) is 11.8 Å². The van der Waals surface area contributed by atoms with Crippen LogP contribution in [0.4, 0.5) is 17.1 Å². The third kappa shape index (κ3) is 6.14. The van der Waals surface area contributed by atoms with E-state index in [1.165, 1.54) is 18.7 Å². The molecule has 6 nitrogen and oxygen atoms in total. The summed E-state index contributed by atoms with van der Waals surface area (Å²) in [5, 5.41) is 8.39. The van der Waals surface area contributed by atoms with Gasteiger partial charge in [-0.05, 0) is 61.4 Å². The Balaban J connectivity index is 1.44. The maximum atomic E-state index is 12.1. The van der Waals surface area contributed by atoms with Gasteiger partial charge in [0.25, 0.3) is 0 Å². The number of hydrogen-bond donors (Lipinski definition) is 3. The zero-order valence-electron chi connectivity index (χ0n) is 15.0. The van der Waals surface area contributed by atoms with Crippen molar-refractivity contribution in [2.24, 2.45) is 5.92 Å². The normalized spacial score (nSPS) is 12.9. The smallest absolute Gasteiger partial charge is 0.234 e. The predicted molar refractivity (Wildman–Crippen MR) is 108 cm³/mol. The fourth-order valence-electron chi connectivity index (χ4n) is 2.41. The summed E-state index contributed by atoms with van der Waals surface area (Å²) < 4.78 is 0. The van der Waals surface area contributed by atoms with E-state index in [-0.39, 0.29) is 29.4 Å². The van der Waals surface area contributed by atoms with Gasteiger partial charge < -0.3 is 16.0 Å². The van der Waals surface area contributed by atoms with Gasteiger partial charge in [0.1, 0.15) is 0 Å². The molecule has 1 aliphatic rings. The van der Waals surface area contributed by atoms with Gasteiger partial charge in [0.15, 0.2) is 0 Å². The SMILES string of the molecule is CC(=O)Nc1ccc(NC(=O)CSc2ccc(NC(=O)C3CC3)cc2)cc1. The molecule has 1 saturated carbocycles. The Morgan fingerprint density at radius 1 is 0.852 bits per heavy atom. The molecule has 3 amide bonds. The van der Waals surface area contributed by atoms with Gasteiger partial charge in [-0.3, -0.25) is 14.4 Å². The van der Waals surface area contributed by atoms with Crippen LogP contribution in [-0.2, 0) is 14.4 Å². The first kappa shape index (κ1) is 19.0. The second-order valence-corrected chi connectivity index (χ2v) is 7.43. The Labute approximate surface area is 162 Å². The number of hydrogen-bond acceptors (Lipinski definition) is 4. The minimum absolute atomic E-state index is 0.0827. The van der Waals surface area contributed by atoms with Crippen molar-refractivity contribution in [2.45, 2.75) is 24.7 Å². The van der Waals surface area contributed by atoms with Crippen molar-refractivity contribution >= 4 is 46.5 Å². The lowest BCUT2D eigenvalue weighted by molar-refractivity contribution is -0.117. The summed E-state index contributed by atoms with van der Waals surface area (Å²) in [5.41, 5.74) is 2.14. The Hall–Kier alpha value is -2.80. The van der Waals surface area contributed by atoms with Crippen molar-refractivity contribution < 1.29 is 14.4 Å². The van der Waals surface area contributed by atoms with Gasteiger partial charge in [-0.2, -0.15) is 0 Å². The van der Waals surface area contributed by atoms with Crippen molar-refractivity contribution in [3.63, 3.8) is 0 Å². The van der Waals surface area contributed by atoms with Crippen LogP contribution in [0.15, 0.2) is 53.4 Å². The molecule has 27 heavy (non-hydrogen) atoms. The molecule has 3 rings (SSSR count). The third-order valence-electron chi connectivity index (χ3n) is 3.93. The summed E-state index contributed by atoms with van der Waals surface area (Å²) in [5.74, 6) is 0.287. The standard InChI is InChI=1S/C20H21N3O3S/c1-13(24)21-15-4-6-16(7-5-15)22-19(25)12-27-18-10-8-17(9-11-18)23-20(26)14-2-3-14/h4-11,14H,2-3,12H2,1H3,(H,21,24)(H,22,25)(H,23,26). The van der Waals surface area contributed by atoms with Crippen LogP contribution in [-0.4, -0.2) is 23.5 Å². The molecule has 140 valence electrons. The molecule has 0 aromatic heterocycles. The molecular formula is C20H21N3O3S. The number of rotatable bonds is 7. The van der Waals surface area contributed by atoms with Crippen LogP contribution >= 0.6 is 11.8 Å². The van der Waals surface area contributed by atoms with E-state index in [4.69, 9.17) is 0 Å². The molecule has 0 radical (unpaired) electrons. The molecule has 0 unspecified atom stereocenters. The van der Waals surface area contributed by atoms with Gasteiger partial charge in [-0.1, -0.05) is 0 Å². The van der Waals surface area contributed by atoms with E-state index in [0.29, 0.717) is 11.4 Å². The molecule has 7 heteroatoms. The second kappa shape index (κ2) is 8.73. The number of anilines is 3. The van der Waals surface area contributed by atoms with E-state index < -0.39 is 0 Å². The summed E-state index contributed by atoms with van der Waals surface area (Å²) in [7, 11) is 0.